The summed E-state index contributed by atoms with van der Waals surface area (Å²) < 4.78 is 5.02. The molecule has 3 rings (SSSR count). The molecule has 1 fully saturated rings. The first-order valence-electron chi connectivity index (χ1n) is 8.84. The van der Waals surface area contributed by atoms with Crippen LogP contribution in [-0.2, 0) is 12.8 Å². The Kier molecular flexibility index (Phi) is 5.63. The number of hydrogen-bond donors (Lipinski definition) is 1. The minimum Gasteiger partial charge on any atom is -0.340 e. The molecule has 0 aliphatic carbocycles. The number of aryl methyl sites for hydroxylation is 2. The second-order valence-corrected chi connectivity index (χ2v) is 6.64. The third-order valence-electron chi connectivity index (χ3n) is 4.45. The molecule has 1 aliphatic rings. The largest absolute Gasteiger partial charge is 0.340 e. The first kappa shape index (κ1) is 17.4. The highest BCUT2D eigenvalue weighted by Gasteiger charge is 2.24. The van der Waals surface area contributed by atoms with Gasteiger partial charge in [-0.05, 0) is 37.8 Å². The number of hydrogen-bond acceptors (Lipinski definition) is 5. The molecule has 3 heterocycles. The number of amides is 2. The average molecular weight is 343 g/mol. The van der Waals surface area contributed by atoms with Crippen molar-refractivity contribution in [3.05, 3.63) is 41.3 Å². The van der Waals surface area contributed by atoms with Crippen LogP contribution in [-0.4, -0.2) is 45.7 Å². The molecule has 2 aromatic rings. The SMILES string of the molecule is Cc1cccc(CCNC(=O)N2CCC[C@@H](Cc3noc(C)n3)C2)n1. The van der Waals surface area contributed by atoms with E-state index in [0.717, 1.165) is 56.0 Å². The van der Waals surface area contributed by atoms with E-state index in [1.807, 2.05) is 30.0 Å². The van der Waals surface area contributed by atoms with Gasteiger partial charge < -0.3 is 14.7 Å². The van der Waals surface area contributed by atoms with Crippen LogP contribution in [0.4, 0.5) is 4.79 Å². The van der Waals surface area contributed by atoms with Crippen LogP contribution in [0.25, 0.3) is 0 Å². The number of rotatable bonds is 5. The van der Waals surface area contributed by atoms with Crippen molar-refractivity contribution in [3.63, 3.8) is 0 Å². The lowest BCUT2D eigenvalue weighted by Gasteiger charge is -2.32. The maximum absolute atomic E-state index is 12.4. The van der Waals surface area contributed by atoms with Gasteiger partial charge in [-0.3, -0.25) is 4.98 Å². The topological polar surface area (TPSA) is 84.2 Å². The van der Waals surface area contributed by atoms with Gasteiger partial charge >= 0.3 is 6.03 Å². The van der Waals surface area contributed by atoms with Crippen LogP contribution in [0.1, 0.15) is 35.9 Å². The van der Waals surface area contributed by atoms with E-state index < -0.39 is 0 Å². The van der Waals surface area contributed by atoms with Crippen molar-refractivity contribution in [3.8, 4) is 0 Å². The van der Waals surface area contributed by atoms with Crippen LogP contribution in [0.3, 0.4) is 0 Å². The summed E-state index contributed by atoms with van der Waals surface area (Å²) in [6, 6.07) is 5.96. The van der Waals surface area contributed by atoms with Gasteiger partial charge in [0.15, 0.2) is 5.82 Å². The number of urea groups is 1. The number of nitrogens with one attached hydrogen (secondary N) is 1. The van der Waals surface area contributed by atoms with Gasteiger partial charge in [-0.15, -0.1) is 0 Å². The Labute approximate surface area is 147 Å². The number of nitrogens with zero attached hydrogens (tertiary/aromatic N) is 4. The minimum absolute atomic E-state index is 0.00152. The van der Waals surface area contributed by atoms with Gasteiger partial charge in [-0.25, -0.2) is 4.79 Å². The third kappa shape index (κ3) is 5.01. The molecule has 7 nitrogen and oxygen atoms in total. The molecule has 1 N–H and O–H groups in total. The Hall–Kier alpha value is -2.44. The fraction of sp³-hybridized carbons (Fsp3) is 0.556. The Morgan fingerprint density at radius 2 is 2.24 bits per heavy atom. The fourth-order valence-corrected chi connectivity index (χ4v) is 3.25. The Bertz CT molecular complexity index is 715. The van der Waals surface area contributed by atoms with Gasteiger partial charge in [0.1, 0.15) is 0 Å². The van der Waals surface area contributed by atoms with Gasteiger partial charge in [-0.2, -0.15) is 4.98 Å². The summed E-state index contributed by atoms with van der Waals surface area (Å²) in [5, 5.41) is 6.96. The summed E-state index contributed by atoms with van der Waals surface area (Å²) in [5.41, 5.74) is 2.00. The monoisotopic (exact) mass is 343 g/mol. The van der Waals surface area contributed by atoms with Crippen LogP contribution in [0.2, 0.25) is 0 Å². The van der Waals surface area contributed by atoms with E-state index >= 15 is 0 Å². The molecule has 1 aliphatic heterocycles. The van der Waals surface area contributed by atoms with Crippen molar-refractivity contribution in [2.24, 2.45) is 5.92 Å². The molecule has 134 valence electrons. The molecule has 0 radical (unpaired) electrons. The number of aromatic nitrogens is 3. The molecule has 1 atom stereocenters. The normalized spacial score (nSPS) is 17.5. The molecule has 25 heavy (non-hydrogen) atoms. The van der Waals surface area contributed by atoms with Gasteiger partial charge in [0.05, 0.1) is 0 Å². The molecular formula is C18H25N5O2. The Balaban J connectivity index is 1.45. The molecule has 0 spiro atoms. The lowest BCUT2D eigenvalue weighted by molar-refractivity contribution is 0.164. The lowest BCUT2D eigenvalue weighted by Crippen LogP contribution is -2.46. The van der Waals surface area contributed by atoms with E-state index in [4.69, 9.17) is 4.52 Å². The van der Waals surface area contributed by atoms with E-state index in [1.165, 1.54) is 0 Å². The van der Waals surface area contributed by atoms with E-state index in [-0.39, 0.29) is 6.03 Å². The smallest absolute Gasteiger partial charge is 0.317 e. The highest BCUT2D eigenvalue weighted by atomic mass is 16.5. The predicted molar refractivity (Wildman–Crippen MR) is 93.1 cm³/mol. The fourth-order valence-electron chi connectivity index (χ4n) is 3.25. The molecule has 0 unspecified atom stereocenters. The summed E-state index contributed by atoms with van der Waals surface area (Å²) in [5.74, 6) is 1.70. The zero-order valence-corrected chi connectivity index (χ0v) is 14.9. The number of likely N-dealkylation sites (tertiary alicyclic amines) is 1. The molecule has 0 aromatic carbocycles. The Morgan fingerprint density at radius 1 is 1.36 bits per heavy atom. The van der Waals surface area contributed by atoms with Gasteiger partial charge in [0, 0.05) is 50.8 Å². The van der Waals surface area contributed by atoms with Gasteiger partial charge in [-0.1, -0.05) is 11.2 Å². The first-order chi connectivity index (χ1) is 12.1. The summed E-state index contributed by atoms with van der Waals surface area (Å²) in [6.07, 6.45) is 3.60. The number of piperidine rings is 1. The van der Waals surface area contributed by atoms with Crippen LogP contribution in [0, 0.1) is 19.8 Å². The minimum atomic E-state index is 0.00152. The number of carbonyl (C=O) groups is 1. The molecule has 2 amide bonds. The summed E-state index contributed by atoms with van der Waals surface area (Å²) in [4.78, 5) is 23.0. The maximum atomic E-state index is 12.4. The van der Waals surface area contributed by atoms with Crippen LogP contribution in [0.5, 0.6) is 0 Å². The third-order valence-corrected chi connectivity index (χ3v) is 4.45. The van der Waals surface area contributed by atoms with Crippen molar-refractivity contribution >= 4 is 6.03 Å². The van der Waals surface area contributed by atoms with Crippen LogP contribution < -0.4 is 5.32 Å². The summed E-state index contributed by atoms with van der Waals surface area (Å²) >= 11 is 0. The van der Waals surface area contributed by atoms with E-state index in [2.05, 4.69) is 20.4 Å². The standard InChI is InChI=1S/C18H25N5O2/c1-13-5-3-7-16(20-13)8-9-19-18(24)23-10-4-6-15(12-23)11-17-21-14(2)25-22-17/h3,5,7,15H,4,6,8-12H2,1-2H3,(H,19,24)/t15-/m0/s1. The van der Waals surface area contributed by atoms with Crippen LogP contribution in [0.15, 0.2) is 22.7 Å². The van der Waals surface area contributed by atoms with Crippen molar-refractivity contribution in [2.75, 3.05) is 19.6 Å². The van der Waals surface area contributed by atoms with Crippen LogP contribution >= 0.6 is 0 Å². The van der Waals surface area contributed by atoms with Gasteiger partial charge in [0.25, 0.3) is 0 Å². The number of carbonyl (C=O) groups excluding carboxylic acids is 1. The van der Waals surface area contributed by atoms with E-state index in [9.17, 15) is 4.79 Å². The van der Waals surface area contributed by atoms with E-state index in [1.54, 1.807) is 6.92 Å². The first-order valence-corrected chi connectivity index (χ1v) is 8.84. The highest BCUT2D eigenvalue weighted by Crippen LogP contribution is 2.19. The predicted octanol–water partition coefficient (Wildman–Crippen LogP) is 2.29. The van der Waals surface area contributed by atoms with Crippen molar-refractivity contribution in [2.45, 2.75) is 39.5 Å². The summed E-state index contributed by atoms with van der Waals surface area (Å²) in [7, 11) is 0. The molecule has 2 aromatic heterocycles. The highest BCUT2D eigenvalue weighted by molar-refractivity contribution is 5.74. The Morgan fingerprint density at radius 3 is 3.00 bits per heavy atom. The van der Waals surface area contributed by atoms with Crippen molar-refractivity contribution < 1.29 is 9.32 Å². The average Bonchev–Trinajstić information content (AvgIpc) is 3.00. The zero-order valence-electron chi connectivity index (χ0n) is 14.9. The van der Waals surface area contributed by atoms with Gasteiger partial charge in [0.2, 0.25) is 5.89 Å². The molecule has 1 saturated heterocycles. The summed E-state index contributed by atoms with van der Waals surface area (Å²) in [6.45, 7) is 5.90. The molecule has 7 heteroatoms. The maximum Gasteiger partial charge on any atom is 0.317 e. The van der Waals surface area contributed by atoms with Crippen molar-refractivity contribution in [1.82, 2.24) is 25.3 Å². The zero-order chi connectivity index (χ0) is 17.6. The second-order valence-electron chi connectivity index (χ2n) is 6.64. The molecule has 0 bridgehead atoms. The lowest BCUT2D eigenvalue weighted by atomic mass is 9.95. The van der Waals surface area contributed by atoms with Crippen molar-refractivity contribution in [1.29, 1.82) is 0 Å². The number of pyridine rings is 1. The second kappa shape index (κ2) is 8.09. The van der Waals surface area contributed by atoms with E-state index in [0.29, 0.717) is 18.4 Å². The quantitative estimate of drug-likeness (QED) is 0.900. The molecular weight excluding hydrogens is 318 g/mol. The molecule has 0 saturated carbocycles.